The van der Waals surface area contributed by atoms with Crippen LogP contribution in [0.5, 0.6) is 0 Å². The van der Waals surface area contributed by atoms with E-state index in [1.807, 2.05) is 30.5 Å². The van der Waals surface area contributed by atoms with Crippen LogP contribution in [-0.2, 0) is 4.79 Å². The molecule has 0 bridgehead atoms. The molecule has 1 heterocycles. The number of thioether (sulfide) groups is 1. The Balaban J connectivity index is 1.69. The van der Waals surface area contributed by atoms with Crippen molar-refractivity contribution in [1.29, 1.82) is 0 Å². The minimum atomic E-state index is -0.0203. The molecule has 2 aromatic rings. The molecule has 0 fully saturated rings. The minimum absolute atomic E-state index is 0.0203. The van der Waals surface area contributed by atoms with E-state index < -0.39 is 0 Å². The maximum absolute atomic E-state index is 12.0. The van der Waals surface area contributed by atoms with Gasteiger partial charge in [0.05, 0.1) is 16.7 Å². The van der Waals surface area contributed by atoms with Crippen molar-refractivity contribution in [1.82, 2.24) is 10.3 Å². The van der Waals surface area contributed by atoms with Gasteiger partial charge in [-0.05, 0) is 31.2 Å². The maximum Gasteiger partial charge on any atom is 0.220 e. The second-order valence-electron chi connectivity index (χ2n) is 5.82. The predicted octanol–water partition coefficient (Wildman–Crippen LogP) is 5.02. The van der Waals surface area contributed by atoms with E-state index in [9.17, 15) is 4.79 Å². The van der Waals surface area contributed by atoms with E-state index in [0.717, 1.165) is 22.9 Å². The summed E-state index contributed by atoms with van der Waals surface area (Å²) < 4.78 is 0. The molecule has 2 rings (SSSR count). The summed E-state index contributed by atoms with van der Waals surface area (Å²) in [5.41, 5.74) is 0.964. The number of carbonyl (C=O) groups excluding carboxylic acids is 1. The SMILES string of the molecule is CC(C)c1nc(C(C)NC(=O)CCCSc2ccccc2)cs1. The first-order valence-corrected chi connectivity index (χ1v) is 9.85. The van der Waals surface area contributed by atoms with Gasteiger partial charge in [0.15, 0.2) is 0 Å². The second kappa shape index (κ2) is 9.08. The highest BCUT2D eigenvalue weighted by Crippen LogP contribution is 2.23. The first-order chi connectivity index (χ1) is 11.1. The van der Waals surface area contributed by atoms with Gasteiger partial charge in [-0.25, -0.2) is 4.98 Å². The van der Waals surface area contributed by atoms with Gasteiger partial charge >= 0.3 is 0 Å². The lowest BCUT2D eigenvalue weighted by atomic mass is 10.2. The molecule has 1 atom stereocenters. The molecule has 1 aromatic heterocycles. The Bertz CT molecular complexity index is 610. The molecule has 5 heteroatoms. The van der Waals surface area contributed by atoms with E-state index in [-0.39, 0.29) is 11.9 Å². The maximum atomic E-state index is 12.0. The highest BCUT2D eigenvalue weighted by molar-refractivity contribution is 7.99. The fraction of sp³-hybridized carbons (Fsp3) is 0.444. The van der Waals surface area contributed by atoms with Gasteiger partial charge in [0.25, 0.3) is 0 Å². The summed E-state index contributed by atoms with van der Waals surface area (Å²) in [6.45, 7) is 6.27. The van der Waals surface area contributed by atoms with Crippen molar-refractivity contribution >= 4 is 29.0 Å². The first-order valence-electron chi connectivity index (χ1n) is 7.98. The van der Waals surface area contributed by atoms with E-state index in [0.29, 0.717) is 12.3 Å². The van der Waals surface area contributed by atoms with Crippen molar-refractivity contribution in [3.8, 4) is 0 Å². The summed E-state index contributed by atoms with van der Waals surface area (Å²) in [5.74, 6) is 1.50. The van der Waals surface area contributed by atoms with Crippen molar-refractivity contribution in [3.63, 3.8) is 0 Å². The van der Waals surface area contributed by atoms with E-state index in [1.54, 1.807) is 23.1 Å². The van der Waals surface area contributed by atoms with Crippen LogP contribution >= 0.6 is 23.1 Å². The molecule has 1 aromatic carbocycles. The number of hydrogen-bond acceptors (Lipinski definition) is 4. The van der Waals surface area contributed by atoms with Crippen molar-refractivity contribution in [3.05, 3.63) is 46.4 Å². The molecular weight excluding hydrogens is 324 g/mol. The third kappa shape index (κ3) is 5.99. The molecule has 124 valence electrons. The molecule has 23 heavy (non-hydrogen) atoms. The van der Waals surface area contributed by atoms with Gasteiger partial charge in [0.2, 0.25) is 5.91 Å². The normalized spacial score (nSPS) is 12.3. The summed E-state index contributed by atoms with van der Waals surface area (Å²) in [5, 5.41) is 6.22. The Hall–Kier alpha value is -1.33. The summed E-state index contributed by atoms with van der Waals surface area (Å²) in [4.78, 5) is 17.9. The Morgan fingerprint density at radius 3 is 2.65 bits per heavy atom. The van der Waals surface area contributed by atoms with Crippen LogP contribution in [0, 0.1) is 0 Å². The lowest BCUT2D eigenvalue weighted by Crippen LogP contribution is -2.26. The number of rotatable bonds is 8. The largest absolute Gasteiger partial charge is 0.348 e. The molecule has 0 aliphatic carbocycles. The molecule has 3 nitrogen and oxygen atoms in total. The van der Waals surface area contributed by atoms with Gasteiger partial charge in [0, 0.05) is 22.6 Å². The number of amides is 1. The van der Waals surface area contributed by atoms with Crippen LogP contribution in [0.3, 0.4) is 0 Å². The quantitative estimate of drug-likeness (QED) is 0.538. The van der Waals surface area contributed by atoms with Gasteiger partial charge in [-0.1, -0.05) is 32.0 Å². The van der Waals surface area contributed by atoms with Gasteiger partial charge in [-0.15, -0.1) is 23.1 Å². The van der Waals surface area contributed by atoms with Crippen LogP contribution in [0.15, 0.2) is 40.6 Å². The number of nitrogens with zero attached hydrogens (tertiary/aromatic N) is 1. The third-order valence-corrected chi connectivity index (χ3v) is 5.68. The molecule has 0 aliphatic rings. The highest BCUT2D eigenvalue weighted by Gasteiger charge is 2.14. The zero-order valence-corrected chi connectivity index (χ0v) is 15.5. The summed E-state index contributed by atoms with van der Waals surface area (Å²) in [7, 11) is 0. The van der Waals surface area contributed by atoms with E-state index in [2.05, 4.69) is 36.3 Å². The molecule has 0 radical (unpaired) electrons. The Morgan fingerprint density at radius 1 is 1.26 bits per heavy atom. The zero-order chi connectivity index (χ0) is 16.7. The fourth-order valence-corrected chi connectivity index (χ4v) is 3.89. The molecule has 0 spiro atoms. The third-order valence-electron chi connectivity index (χ3n) is 3.41. The van der Waals surface area contributed by atoms with E-state index in [4.69, 9.17) is 0 Å². The van der Waals surface area contributed by atoms with Gasteiger partial charge in [-0.3, -0.25) is 4.79 Å². The zero-order valence-electron chi connectivity index (χ0n) is 13.9. The molecule has 0 aliphatic heterocycles. The standard InChI is InChI=1S/C18H24N2OS2/c1-13(2)18-20-16(12-23-18)14(3)19-17(21)10-7-11-22-15-8-5-4-6-9-15/h4-6,8-9,12-14H,7,10-11H2,1-3H3,(H,19,21). The van der Waals surface area contributed by atoms with Gasteiger partial charge in [-0.2, -0.15) is 0 Å². The molecule has 1 unspecified atom stereocenters. The Morgan fingerprint density at radius 2 is 2.00 bits per heavy atom. The average Bonchev–Trinajstić information content (AvgIpc) is 3.03. The molecule has 1 amide bonds. The van der Waals surface area contributed by atoms with Gasteiger partial charge in [0.1, 0.15) is 0 Å². The second-order valence-corrected chi connectivity index (χ2v) is 7.88. The van der Waals surface area contributed by atoms with Crippen LogP contribution < -0.4 is 5.32 Å². The summed E-state index contributed by atoms with van der Waals surface area (Å²) in [6.07, 6.45) is 1.44. The van der Waals surface area contributed by atoms with E-state index >= 15 is 0 Å². The van der Waals surface area contributed by atoms with Crippen LogP contribution in [-0.4, -0.2) is 16.6 Å². The molecule has 0 saturated heterocycles. The average molecular weight is 349 g/mol. The smallest absolute Gasteiger partial charge is 0.220 e. The van der Waals surface area contributed by atoms with Crippen LogP contribution in [0.2, 0.25) is 0 Å². The van der Waals surface area contributed by atoms with E-state index in [1.165, 1.54) is 4.90 Å². The van der Waals surface area contributed by atoms with Crippen LogP contribution in [0.25, 0.3) is 0 Å². The monoisotopic (exact) mass is 348 g/mol. The molecule has 1 N–H and O–H groups in total. The topological polar surface area (TPSA) is 42.0 Å². The lowest BCUT2D eigenvalue weighted by molar-refractivity contribution is -0.121. The number of aromatic nitrogens is 1. The fourth-order valence-electron chi connectivity index (χ4n) is 2.09. The van der Waals surface area contributed by atoms with Crippen molar-refractivity contribution in [2.24, 2.45) is 0 Å². The van der Waals surface area contributed by atoms with Crippen molar-refractivity contribution in [2.45, 2.75) is 50.5 Å². The minimum Gasteiger partial charge on any atom is -0.348 e. The Kier molecular flexibility index (Phi) is 7.12. The number of thiazole rings is 1. The van der Waals surface area contributed by atoms with Crippen molar-refractivity contribution < 1.29 is 4.79 Å². The lowest BCUT2D eigenvalue weighted by Gasteiger charge is -2.11. The Labute approximate surface area is 146 Å². The number of hydrogen-bond donors (Lipinski definition) is 1. The van der Waals surface area contributed by atoms with Gasteiger partial charge < -0.3 is 5.32 Å². The molecular formula is C18H24N2OS2. The number of nitrogens with one attached hydrogen (secondary N) is 1. The van der Waals surface area contributed by atoms with Crippen LogP contribution in [0.1, 0.15) is 56.3 Å². The molecule has 0 saturated carbocycles. The number of benzene rings is 1. The summed E-state index contributed by atoms with van der Waals surface area (Å²) >= 11 is 3.46. The summed E-state index contributed by atoms with van der Waals surface area (Å²) in [6, 6.07) is 10.3. The highest BCUT2D eigenvalue weighted by atomic mass is 32.2. The van der Waals surface area contributed by atoms with Crippen LogP contribution in [0.4, 0.5) is 0 Å². The van der Waals surface area contributed by atoms with Crippen molar-refractivity contribution in [2.75, 3.05) is 5.75 Å². The number of carbonyl (C=O) groups is 1. The predicted molar refractivity (Wildman–Crippen MR) is 99.2 cm³/mol. The first kappa shape index (κ1) is 18.0.